The van der Waals surface area contributed by atoms with Crippen LogP contribution in [0.3, 0.4) is 0 Å². The lowest BCUT2D eigenvalue weighted by Crippen LogP contribution is -2.39. The summed E-state index contributed by atoms with van der Waals surface area (Å²) < 4.78 is 22.4. The number of furan rings is 1. The standard InChI is InChI=1S/C29H29FN6O/c1-16-17-5-7-18(8-6-17)21(16)13-20-14-23(25-9-10-26(37-25)24-4-3-11-36(24)2)33-29(32-20)27-22-12-19(30)15-31-28(22)35-34-27/h3-4,9-12,14-18,21H,5-8,13H2,1-2H3,(H,31,34,35)/t16-,17?,18?,21+/m0/s1. The van der Waals surface area contributed by atoms with Crippen molar-refractivity contribution in [3.05, 3.63) is 60.3 Å². The third-order valence-corrected chi connectivity index (χ3v) is 8.72. The molecule has 5 heterocycles. The number of hydrogen-bond acceptors (Lipinski definition) is 5. The summed E-state index contributed by atoms with van der Waals surface area (Å²) in [6.07, 6.45) is 9.41. The van der Waals surface area contributed by atoms with Gasteiger partial charge in [-0.25, -0.2) is 19.3 Å². The van der Waals surface area contributed by atoms with Crippen LogP contribution >= 0.6 is 0 Å². The molecule has 3 aliphatic rings. The zero-order chi connectivity index (χ0) is 25.1. The van der Waals surface area contributed by atoms with E-state index in [1.807, 2.05) is 42.1 Å². The van der Waals surface area contributed by atoms with Crippen molar-refractivity contribution >= 4 is 11.0 Å². The summed E-state index contributed by atoms with van der Waals surface area (Å²) in [5.74, 6) is 4.38. The second-order valence-corrected chi connectivity index (χ2v) is 10.8. The fourth-order valence-electron chi connectivity index (χ4n) is 6.69. The molecule has 2 atom stereocenters. The largest absolute Gasteiger partial charge is 0.453 e. The Morgan fingerprint density at radius 2 is 1.86 bits per heavy atom. The molecule has 8 heteroatoms. The van der Waals surface area contributed by atoms with E-state index < -0.39 is 5.82 Å². The summed E-state index contributed by atoms with van der Waals surface area (Å²) in [7, 11) is 1.99. The van der Waals surface area contributed by atoms with E-state index in [4.69, 9.17) is 14.4 Å². The zero-order valence-electron chi connectivity index (χ0n) is 21.0. The van der Waals surface area contributed by atoms with E-state index in [1.165, 1.54) is 37.9 Å². The normalized spacial score (nSPS) is 23.2. The third-order valence-electron chi connectivity index (χ3n) is 8.72. The van der Waals surface area contributed by atoms with Crippen molar-refractivity contribution < 1.29 is 8.81 Å². The quantitative estimate of drug-likeness (QED) is 0.303. The number of halogens is 1. The Kier molecular flexibility index (Phi) is 5.23. The minimum Gasteiger partial charge on any atom is -0.453 e. The van der Waals surface area contributed by atoms with Gasteiger partial charge in [0.1, 0.15) is 17.2 Å². The van der Waals surface area contributed by atoms with Crippen LogP contribution in [0.25, 0.3) is 45.5 Å². The maximum absolute atomic E-state index is 14.1. The van der Waals surface area contributed by atoms with Crippen molar-refractivity contribution in [1.82, 2.24) is 29.7 Å². The van der Waals surface area contributed by atoms with Crippen LogP contribution in [0.15, 0.2) is 53.2 Å². The topological polar surface area (TPSA) is 85.4 Å². The number of aromatic nitrogens is 6. The minimum absolute atomic E-state index is 0.420. The Labute approximate surface area is 214 Å². The zero-order valence-corrected chi connectivity index (χ0v) is 21.0. The van der Waals surface area contributed by atoms with Gasteiger partial charge in [0.15, 0.2) is 23.0 Å². The summed E-state index contributed by atoms with van der Waals surface area (Å²) in [4.78, 5) is 14.0. The van der Waals surface area contributed by atoms with E-state index in [-0.39, 0.29) is 0 Å². The van der Waals surface area contributed by atoms with Gasteiger partial charge in [0.25, 0.3) is 0 Å². The number of nitrogens with zero attached hydrogens (tertiary/aromatic N) is 5. The number of pyridine rings is 1. The van der Waals surface area contributed by atoms with Crippen LogP contribution in [0.1, 0.15) is 38.3 Å². The fourth-order valence-corrected chi connectivity index (χ4v) is 6.69. The van der Waals surface area contributed by atoms with Crippen molar-refractivity contribution in [3.8, 4) is 34.4 Å². The summed E-state index contributed by atoms with van der Waals surface area (Å²) in [6, 6.07) is 11.4. The molecule has 0 aliphatic heterocycles. The molecule has 1 N–H and O–H groups in total. The molecule has 7 nitrogen and oxygen atoms in total. The molecule has 0 unspecified atom stereocenters. The van der Waals surface area contributed by atoms with Crippen molar-refractivity contribution in [1.29, 1.82) is 0 Å². The number of H-pyrrole nitrogens is 1. The lowest BCUT2D eigenvalue weighted by atomic mass is 9.58. The average molecular weight is 497 g/mol. The maximum Gasteiger partial charge on any atom is 0.181 e. The predicted molar refractivity (Wildman–Crippen MR) is 139 cm³/mol. The summed E-state index contributed by atoms with van der Waals surface area (Å²) in [5, 5.41) is 7.83. The Morgan fingerprint density at radius 1 is 1.05 bits per heavy atom. The molecule has 5 aromatic rings. The highest BCUT2D eigenvalue weighted by Crippen LogP contribution is 2.49. The highest BCUT2D eigenvalue weighted by atomic mass is 19.1. The van der Waals surface area contributed by atoms with Gasteiger partial charge >= 0.3 is 0 Å². The number of nitrogens with one attached hydrogen (secondary N) is 1. The molecule has 0 spiro atoms. The molecule has 0 amide bonds. The predicted octanol–water partition coefficient (Wildman–Crippen LogP) is 6.43. The molecule has 0 saturated heterocycles. The minimum atomic E-state index is -0.420. The number of fused-ring (bicyclic) bond motifs is 4. The lowest BCUT2D eigenvalue weighted by Gasteiger charge is -2.47. The molecule has 3 aliphatic carbocycles. The van der Waals surface area contributed by atoms with E-state index in [1.54, 1.807) is 0 Å². The van der Waals surface area contributed by atoms with Crippen molar-refractivity contribution in [2.45, 2.75) is 39.0 Å². The molecule has 2 bridgehead atoms. The number of aromatic amines is 1. The monoisotopic (exact) mass is 496 g/mol. The highest BCUT2D eigenvalue weighted by Gasteiger charge is 2.41. The van der Waals surface area contributed by atoms with Crippen LogP contribution in [0.4, 0.5) is 4.39 Å². The summed E-state index contributed by atoms with van der Waals surface area (Å²) in [6.45, 7) is 2.42. The van der Waals surface area contributed by atoms with E-state index in [0.29, 0.717) is 45.8 Å². The number of aryl methyl sites for hydroxylation is 1. The molecule has 8 rings (SSSR count). The molecule has 0 aromatic carbocycles. The second-order valence-electron chi connectivity index (χ2n) is 10.8. The Bertz CT molecular complexity index is 1590. The first-order chi connectivity index (χ1) is 18.0. The molecule has 5 aromatic heterocycles. The molecular weight excluding hydrogens is 467 g/mol. The van der Waals surface area contributed by atoms with E-state index >= 15 is 0 Å². The maximum atomic E-state index is 14.1. The average Bonchev–Trinajstić information content (AvgIpc) is 3.65. The summed E-state index contributed by atoms with van der Waals surface area (Å²) in [5.41, 5.74) is 3.69. The Hall–Kier alpha value is -3.81. The van der Waals surface area contributed by atoms with E-state index in [9.17, 15) is 4.39 Å². The van der Waals surface area contributed by atoms with E-state index in [0.717, 1.165) is 35.4 Å². The van der Waals surface area contributed by atoms with Gasteiger partial charge in [0.05, 0.1) is 17.3 Å². The number of rotatable bonds is 5. The first-order valence-electron chi connectivity index (χ1n) is 13.1. The molecule has 3 fully saturated rings. The fraction of sp³-hybridized carbons (Fsp3) is 0.379. The van der Waals surface area contributed by atoms with Gasteiger partial charge in [-0.1, -0.05) is 6.92 Å². The van der Waals surface area contributed by atoms with Crippen LogP contribution in [0.2, 0.25) is 0 Å². The van der Waals surface area contributed by atoms with Gasteiger partial charge in [0.2, 0.25) is 0 Å². The molecule has 0 radical (unpaired) electrons. The summed E-state index contributed by atoms with van der Waals surface area (Å²) >= 11 is 0. The smallest absolute Gasteiger partial charge is 0.181 e. The first-order valence-corrected chi connectivity index (χ1v) is 13.1. The Morgan fingerprint density at radius 3 is 2.65 bits per heavy atom. The van der Waals surface area contributed by atoms with Gasteiger partial charge in [0, 0.05) is 18.9 Å². The van der Waals surface area contributed by atoms with Crippen molar-refractivity contribution in [3.63, 3.8) is 0 Å². The lowest BCUT2D eigenvalue weighted by molar-refractivity contribution is 0.0339. The third kappa shape index (κ3) is 3.86. The SMILES string of the molecule is C[C@H]1C2CCC(CC2)[C@@H]1Cc1cc(-c2ccc(-c3cccn3C)o2)nc(-c2[nH]nc3ncc(F)cc23)n1. The number of hydrogen-bond donors (Lipinski definition) is 1. The van der Waals surface area contributed by atoms with Crippen LogP contribution in [-0.2, 0) is 13.5 Å². The van der Waals surface area contributed by atoms with Gasteiger partial charge in [-0.3, -0.25) is 5.10 Å². The molecule has 3 saturated carbocycles. The van der Waals surface area contributed by atoms with Crippen LogP contribution in [-0.4, -0.2) is 29.7 Å². The molecule has 37 heavy (non-hydrogen) atoms. The van der Waals surface area contributed by atoms with Crippen molar-refractivity contribution in [2.75, 3.05) is 0 Å². The molecule has 188 valence electrons. The van der Waals surface area contributed by atoms with Gasteiger partial charge in [-0.2, -0.15) is 5.10 Å². The van der Waals surface area contributed by atoms with Crippen LogP contribution < -0.4 is 0 Å². The Balaban J connectivity index is 1.33. The molecular formula is C29H29FN6O. The highest BCUT2D eigenvalue weighted by molar-refractivity contribution is 5.88. The van der Waals surface area contributed by atoms with Crippen LogP contribution in [0, 0.1) is 29.5 Å². The van der Waals surface area contributed by atoms with Gasteiger partial charge < -0.3 is 8.98 Å². The first kappa shape index (κ1) is 22.4. The van der Waals surface area contributed by atoms with Crippen molar-refractivity contribution in [2.24, 2.45) is 30.7 Å². The van der Waals surface area contributed by atoms with Crippen LogP contribution in [0.5, 0.6) is 0 Å². The van der Waals surface area contributed by atoms with Gasteiger partial charge in [-0.15, -0.1) is 0 Å². The van der Waals surface area contributed by atoms with Gasteiger partial charge in [-0.05, 0) is 92.2 Å². The van der Waals surface area contributed by atoms with E-state index in [2.05, 4.69) is 28.2 Å². The second kappa shape index (κ2) is 8.64.